The van der Waals surface area contributed by atoms with Crippen LogP contribution in [0.25, 0.3) is 0 Å². The Kier molecular flexibility index (Phi) is 7.32. The van der Waals surface area contributed by atoms with Crippen LogP contribution in [0.4, 0.5) is 4.39 Å². The zero-order valence-corrected chi connectivity index (χ0v) is 18.3. The molecule has 2 aliphatic rings. The molecule has 6 nitrogen and oxygen atoms in total. The second kappa shape index (κ2) is 10.3. The molecule has 8 heteroatoms. The summed E-state index contributed by atoms with van der Waals surface area (Å²) in [7, 11) is 0. The van der Waals surface area contributed by atoms with Crippen LogP contribution in [-0.4, -0.2) is 67.6 Å². The van der Waals surface area contributed by atoms with E-state index in [-0.39, 0.29) is 29.6 Å². The average Bonchev–Trinajstić information content (AvgIpc) is 3.35. The topological polar surface area (TPSA) is 61.9 Å². The van der Waals surface area contributed by atoms with E-state index in [1.54, 1.807) is 17.0 Å². The van der Waals surface area contributed by atoms with E-state index in [1.165, 1.54) is 23.5 Å². The highest BCUT2D eigenvalue weighted by Gasteiger charge is 2.30. The van der Waals surface area contributed by atoms with E-state index < -0.39 is 0 Å². The third-order valence-corrected chi connectivity index (χ3v) is 6.88. The number of carbonyl (C=O) groups is 2. The van der Waals surface area contributed by atoms with Crippen molar-refractivity contribution < 1.29 is 18.7 Å². The molecule has 31 heavy (non-hydrogen) atoms. The molecule has 2 aliphatic heterocycles. The van der Waals surface area contributed by atoms with Gasteiger partial charge in [-0.3, -0.25) is 14.5 Å². The smallest absolute Gasteiger partial charge is 0.263 e. The lowest BCUT2D eigenvalue weighted by molar-refractivity contribution is -0.126. The molecule has 2 atom stereocenters. The van der Waals surface area contributed by atoms with Crippen LogP contribution in [-0.2, 0) is 9.53 Å². The molecule has 0 radical (unpaired) electrons. The Morgan fingerprint density at radius 3 is 2.65 bits per heavy atom. The zero-order valence-electron chi connectivity index (χ0n) is 17.5. The van der Waals surface area contributed by atoms with Crippen molar-refractivity contribution in [2.24, 2.45) is 5.92 Å². The van der Waals surface area contributed by atoms with Crippen molar-refractivity contribution in [2.45, 2.75) is 18.9 Å². The Balaban J connectivity index is 1.38. The maximum Gasteiger partial charge on any atom is 0.263 e. The van der Waals surface area contributed by atoms with E-state index in [9.17, 15) is 14.0 Å². The van der Waals surface area contributed by atoms with Gasteiger partial charge < -0.3 is 15.0 Å². The number of thiophene rings is 1. The van der Waals surface area contributed by atoms with Crippen molar-refractivity contribution in [3.8, 4) is 0 Å². The normalized spacial score (nSPS) is 20.9. The first-order chi connectivity index (χ1) is 15.1. The van der Waals surface area contributed by atoms with Crippen LogP contribution in [0.1, 0.15) is 34.1 Å². The number of hydrogen-bond donors (Lipinski definition) is 1. The molecule has 0 bridgehead atoms. The van der Waals surface area contributed by atoms with E-state index in [4.69, 9.17) is 4.74 Å². The summed E-state index contributed by atoms with van der Waals surface area (Å²) in [5.74, 6) is -0.503. The summed E-state index contributed by atoms with van der Waals surface area (Å²) in [6.45, 7) is 4.41. The summed E-state index contributed by atoms with van der Waals surface area (Å²) in [4.78, 5) is 30.4. The third-order valence-electron chi connectivity index (χ3n) is 6.02. The number of carbonyl (C=O) groups excluding carboxylic acids is 2. The van der Waals surface area contributed by atoms with Gasteiger partial charge in [0.15, 0.2) is 0 Å². The van der Waals surface area contributed by atoms with Crippen molar-refractivity contribution in [1.29, 1.82) is 0 Å². The highest BCUT2D eigenvalue weighted by molar-refractivity contribution is 7.12. The molecule has 4 rings (SSSR count). The van der Waals surface area contributed by atoms with Gasteiger partial charge in [-0.2, -0.15) is 0 Å². The first-order valence-electron chi connectivity index (χ1n) is 10.8. The Labute approximate surface area is 186 Å². The monoisotopic (exact) mass is 445 g/mol. The van der Waals surface area contributed by atoms with Crippen LogP contribution >= 0.6 is 11.3 Å². The predicted octanol–water partition coefficient (Wildman–Crippen LogP) is 2.93. The number of nitrogens with zero attached hydrogens (tertiary/aromatic N) is 2. The fourth-order valence-corrected chi connectivity index (χ4v) is 5.00. The van der Waals surface area contributed by atoms with Crippen molar-refractivity contribution in [1.82, 2.24) is 15.1 Å². The minimum atomic E-state index is -0.272. The number of amides is 2. The van der Waals surface area contributed by atoms with Crippen LogP contribution in [0.5, 0.6) is 0 Å². The molecule has 0 aliphatic carbocycles. The number of morpholine rings is 1. The second-order valence-corrected chi connectivity index (χ2v) is 8.98. The summed E-state index contributed by atoms with van der Waals surface area (Å²) in [6, 6.07) is 10.1. The minimum absolute atomic E-state index is 0.00463. The first-order valence-corrected chi connectivity index (χ1v) is 11.7. The third kappa shape index (κ3) is 5.50. The Morgan fingerprint density at radius 2 is 1.94 bits per heavy atom. The largest absolute Gasteiger partial charge is 0.379 e. The average molecular weight is 446 g/mol. The highest BCUT2D eigenvalue weighted by atomic mass is 32.1. The lowest BCUT2D eigenvalue weighted by Crippen LogP contribution is -2.48. The van der Waals surface area contributed by atoms with Gasteiger partial charge in [0.2, 0.25) is 5.91 Å². The van der Waals surface area contributed by atoms with E-state index in [1.807, 2.05) is 17.5 Å². The molecule has 2 fully saturated rings. The van der Waals surface area contributed by atoms with Crippen LogP contribution in [0.15, 0.2) is 41.8 Å². The van der Waals surface area contributed by atoms with Gasteiger partial charge in [-0.05, 0) is 42.0 Å². The van der Waals surface area contributed by atoms with Gasteiger partial charge in [0, 0.05) is 32.7 Å². The van der Waals surface area contributed by atoms with Gasteiger partial charge in [-0.1, -0.05) is 18.2 Å². The molecular weight excluding hydrogens is 417 g/mol. The molecule has 2 aromatic rings. The van der Waals surface area contributed by atoms with Crippen molar-refractivity contribution in [3.63, 3.8) is 0 Å². The predicted molar refractivity (Wildman–Crippen MR) is 117 cm³/mol. The lowest BCUT2D eigenvalue weighted by Gasteiger charge is -2.36. The molecule has 0 saturated carbocycles. The number of halogens is 1. The maximum atomic E-state index is 13.4. The van der Waals surface area contributed by atoms with E-state index in [0.29, 0.717) is 37.7 Å². The van der Waals surface area contributed by atoms with Gasteiger partial charge in [0.05, 0.1) is 30.1 Å². The summed E-state index contributed by atoms with van der Waals surface area (Å²) in [6.07, 6.45) is 1.60. The zero-order chi connectivity index (χ0) is 21.6. The molecule has 1 aromatic carbocycles. The lowest BCUT2D eigenvalue weighted by atomic mass is 9.96. The van der Waals surface area contributed by atoms with Crippen LogP contribution < -0.4 is 5.32 Å². The second-order valence-electron chi connectivity index (χ2n) is 8.03. The molecule has 2 unspecified atom stereocenters. The van der Waals surface area contributed by atoms with Crippen LogP contribution in [0.3, 0.4) is 0 Å². The van der Waals surface area contributed by atoms with E-state index in [0.717, 1.165) is 31.5 Å². The number of likely N-dealkylation sites (tertiary alicyclic amines) is 1. The highest BCUT2D eigenvalue weighted by Crippen LogP contribution is 2.24. The summed E-state index contributed by atoms with van der Waals surface area (Å²) in [5.41, 5.74) is 0.974. The molecular formula is C23H28FN3O3S. The molecule has 166 valence electrons. The Hall–Kier alpha value is -2.29. The fraction of sp³-hybridized carbons (Fsp3) is 0.478. The number of ether oxygens (including phenoxy) is 1. The van der Waals surface area contributed by atoms with E-state index in [2.05, 4.69) is 10.2 Å². The number of nitrogens with one attached hydrogen (secondary N) is 1. The van der Waals surface area contributed by atoms with Crippen LogP contribution in [0.2, 0.25) is 0 Å². The molecule has 2 saturated heterocycles. The molecule has 1 N–H and O–H groups in total. The van der Waals surface area contributed by atoms with Gasteiger partial charge in [0.1, 0.15) is 5.82 Å². The van der Waals surface area contributed by atoms with Gasteiger partial charge in [-0.25, -0.2) is 4.39 Å². The summed E-state index contributed by atoms with van der Waals surface area (Å²) in [5, 5.41) is 5.00. The SMILES string of the molecule is O=C(NCC(c1ccc(F)cc1)N1CCOCC1)C1CCCN(C(=O)c2cccs2)C1. The molecule has 3 heterocycles. The van der Waals surface area contributed by atoms with Crippen molar-refractivity contribution >= 4 is 23.2 Å². The Morgan fingerprint density at radius 1 is 1.16 bits per heavy atom. The minimum Gasteiger partial charge on any atom is -0.379 e. The summed E-state index contributed by atoms with van der Waals surface area (Å²) < 4.78 is 18.9. The number of piperidine rings is 1. The Bertz CT molecular complexity index is 869. The molecule has 2 amide bonds. The number of rotatable bonds is 6. The van der Waals surface area contributed by atoms with E-state index >= 15 is 0 Å². The van der Waals surface area contributed by atoms with Crippen molar-refractivity contribution in [2.75, 3.05) is 45.9 Å². The van der Waals surface area contributed by atoms with Gasteiger partial charge >= 0.3 is 0 Å². The number of benzene rings is 1. The van der Waals surface area contributed by atoms with Crippen LogP contribution in [0, 0.1) is 11.7 Å². The summed E-state index contributed by atoms with van der Waals surface area (Å²) >= 11 is 1.43. The standard InChI is InChI=1S/C23H28FN3O3S/c24-19-7-5-17(6-8-19)20(26-10-12-30-13-11-26)15-25-22(28)18-3-1-9-27(16-18)23(29)21-4-2-14-31-21/h2,4-8,14,18,20H,1,3,9-13,15-16H2,(H,25,28). The van der Waals surface area contributed by atoms with Gasteiger partial charge in [-0.15, -0.1) is 11.3 Å². The van der Waals surface area contributed by atoms with Gasteiger partial charge in [0.25, 0.3) is 5.91 Å². The molecule has 1 aromatic heterocycles. The number of hydrogen-bond acceptors (Lipinski definition) is 5. The molecule has 0 spiro atoms. The maximum absolute atomic E-state index is 13.4. The van der Waals surface area contributed by atoms with Crippen molar-refractivity contribution in [3.05, 3.63) is 58.0 Å². The quantitative estimate of drug-likeness (QED) is 0.743. The first kappa shape index (κ1) is 21.9. The fourth-order valence-electron chi connectivity index (χ4n) is 4.31.